The Morgan fingerprint density at radius 3 is 2.62 bits per heavy atom. The largest absolute Gasteiger partial charge is 0.341 e. The van der Waals surface area contributed by atoms with Gasteiger partial charge in [0.25, 0.3) is 5.56 Å². The third kappa shape index (κ3) is 4.88. The number of pyridine rings is 1. The predicted octanol–water partition coefficient (Wildman–Crippen LogP) is 1.03. The Hall–Kier alpha value is -3.81. The van der Waals surface area contributed by atoms with Gasteiger partial charge in [0, 0.05) is 49.7 Å². The smallest absolute Gasteiger partial charge is 0.332 e. The highest BCUT2D eigenvalue weighted by molar-refractivity contribution is 7.89. The van der Waals surface area contributed by atoms with Gasteiger partial charge in [-0.1, -0.05) is 23.8 Å². The van der Waals surface area contributed by atoms with Crippen LogP contribution in [0.4, 0.5) is 5.95 Å². The number of sulfonamides is 1. The minimum absolute atomic E-state index is 0.00407. The topological polar surface area (TPSA) is 164 Å². The van der Waals surface area contributed by atoms with Crippen LogP contribution in [0.15, 0.2) is 56.6 Å². The second kappa shape index (κ2) is 10.1. The number of benzene rings is 1. The van der Waals surface area contributed by atoms with Crippen molar-refractivity contribution in [1.29, 1.82) is 0 Å². The standard InChI is InChI=1S/C26H32N8O4S/c1-16(2)10-13-33-22-23(30-25(33)32-12-5-6-17(27)14-32)31(3)26(36)34(24(22)35)15-20-18-7-4-8-21(39(28,37)38)19(18)9-11-29-20/h4,7-11,17H,5-6,12-15,27H2,1-3H3,(H2,28,37,38). The quantitative estimate of drug-likeness (QED) is 0.335. The first-order chi connectivity index (χ1) is 18.5. The van der Waals surface area contributed by atoms with Crippen LogP contribution in [0.25, 0.3) is 21.9 Å². The van der Waals surface area contributed by atoms with Crippen molar-refractivity contribution in [2.24, 2.45) is 17.9 Å². The summed E-state index contributed by atoms with van der Waals surface area (Å²) in [4.78, 5) is 38.6. The van der Waals surface area contributed by atoms with Crippen molar-refractivity contribution in [3.05, 3.63) is 68.6 Å². The molecule has 1 unspecified atom stereocenters. The Bertz CT molecular complexity index is 1850. The first kappa shape index (κ1) is 26.8. The Morgan fingerprint density at radius 2 is 1.92 bits per heavy atom. The lowest BCUT2D eigenvalue weighted by molar-refractivity contribution is 0.495. The molecule has 4 aromatic rings. The summed E-state index contributed by atoms with van der Waals surface area (Å²) in [6, 6.07) is 6.20. The van der Waals surface area contributed by atoms with E-state index in [0.717, 1.165) is 29.5 Å². The maximum atomic E-state index is 14.0. The number of rotatable bonds is 6. The van der Waals surface area contributed by atoms with Gasteiger partial charge in [-0.25, -0.2) is 18.4 Å². The summed E-state index contributed by atoms with van der Waals surface area (Å²) in [5.74, 6) is 0.601. The number of fused-ring (bicyclic) bond motifs is 2. The van der Waals surface area contributed by atoms with Crippen molar-refractivity contribution in [3.63, 3.8) is 0 Å². The van der Waals surface area contributed by atoms with Crippen LogP contribution in [0.3, 0.4) is 0 Å². The molecule has 5 rings (SSSR count). The fraction of sp³-hybridized carbons (Fsp3) is 0.385. The highest BCUT2D eigenvalue weighted by Gasteiger charge is 2.26. The number of anilines is 1. The van der Waals surface area contributed by atoms with Gasteiger partial charge in [-0.15, -0.1) is 0 Å². The van der Waals surface area contributed by atoms with Crippen LogP contribution >= 0.6 is 0 Å². The van der Waals surface area contributed by atoms with Crippen molar-refractivity contribution >= 4 is 37.9 Å². The van der Waals surface area contributed by atoms with Crippen LogP contribution in [0.2, 0.25) is 0 Å². The molecule has 4 N–H and O–H groups in total. The van der Waals surface area contributed by atoms with Crippen molar-refractivity contribution in [2.75, 3.05) is 18.0 Å². The Kier molecular flexibility index (Phi) is 6.91. The van der Waals surface area contributed by atoms with Crippen LogP contribution in [-0.2, 0) is 30.2 Å². The van der Waals surface area contributed by atoms with Gasteiger partial charge in [0.1, 0.15) is 0 Å². The van der Waals surface area contributed by atoms with Crippen LogP contribution in [-0.4, -0.2) is 51.2 Å². The van der Waals surface area contributed by atoms with Crippen molar-refractivity contribution in [3.8, 4) is 0 Å². The lowest BCUT2D eigenvalue weighted by atomic mass is 10.1. The second-order valence-electron chi connectivity index (χ2n) is 10.2. The third-order valence-electron chi connectivity index (χ3n) is 7.10. The first-order valence-corrected chi connectivity index (χ1v) is 14.3. The number of nitrogens with two attached hydrogens (primary N) is 2. The molecular formula is C26H32N8O4S. The Morgan fingerprint density at radius 1 is 1.15 bits per heavy atom. The van der Waals surface area contributed by atoms with Gasteiger partial charge in [0.05, 0.1) is 17.1 Å². The molecule has 0 aliphatic carbocycles. The lowest BCUT2D eigenvalue weighted by Crippen LogP contribution is -2.44. The van der Waals surface area contributed by atoms with E-state index in [2.05, 4.69) is 9.88 Å². The monoisotopic (exact) mass is 552 g/mol. The molecular weight excluding hydrogens is 520 g/mol. The van der Waals surface area contributed by atoms with Crippen LogP contribution in [0.5, 0.6) is 0 Å². The molecule has 0 radical (unpaired) electrons. The molecule has 4 heterocycles. The lowest BCUT2D eigenvalue weighted by Gasteiger charge is -2.31. The number of nitrogens with zero attached hydrogens (tertiary/aromatic N) is 6. The number of imidazole rings is 1. The normalized spacial score (nSPS) is 16.2. The van der Waals surface area contributed by atoms with Gasteiger partial charge in [-0.05, 0) is 38.8 Å². The summed E-state index contributed by atoms with van der Waals surface area (Å²) in [6.45, 7) is 5.55. The zero-order valence-electron chi connectivity index (χ0n) is 22.2. The molecule has 13 heteroatoms. The van der Waals surface area contributed by atoms with Gasteiger partial charge in [0.15, 0.2) is 11.2 Å². The van der Waals surface area contributed by atoms with E-state index in [1.165, 1.54) is 16.8 Å². The fourth-order valence-electron chi connectivity index (χ4n) is 5.14. The molecule has 0 saturated carbocycles. The summed E-state index contributed by atoms with van der Waals surface area (Å²) < 4.78 is 28.6. The molecule has 1 atom stereocenters. The highest BCUT2D eigenvalue weighted by atomic mass is 32.2. The molecule has 206 valence electrons. The maximum Gasteiger partial charge on any atom is 0.332 e. The Balaban J connectivity index is 1.72. The molecule has 1 aromatic carbocycles. The fourth-order valence-corrected chi connectivity index (χ4v) is 5.89. The zero-order valence-corrected chi connectivity index (χ0v) is 23.0. The molecule has 1 fully saturated rings. The van der Waals surface area contributed by atoms with E-state index >= 15 is 0 Å². The first-order valence-electron chi connectivity index (χ1n) is 12.7. The number of aromatic nitrogens is 5. The Labute approximate surface area is 225 Å². The van der Waals surface area contributed by atoms with Crippen LogP contribution in [0.1, 0.15) is 32.4 Å². The minimum atomic E-state index is -3.99. The van der Waals surface area contributed by atoms with E-state index < -0.39 is 21.3 Å². The SMILES string of the molecule is CC(C)=CCn1c(N2CCCC(N)C2)nc2c1c(=O)n(Cc1nccc3c(S(N)(=O)=O)cccc13)c(=O)n2C. The summed E-state index contributed by atoms with van der Waals surface area (Å²) in [5, 5.41) is 6.27. The number of piperidine rings is 1. The molecule has 3 aromatic heterocycles. The highest BCUT2D eigenvalue weighted by Crippen LogP contribution is 2.25. The molecule has 12 nitrogen and oxygen atoms in total. The molecule has 1 saturated heterocycles. The van der Waals surface area contributed by atoms with Crippen LogP contribution < -0.4 is 27.0 Å². The number of hydrogen-bond donors (Lipinski definition) is 2. The van der Waals surface area contributed by atoms with E-state index in [1.807, 2.05) is 24.5 Å². The number of aryl methyl sites for hydroxylation is 1. The van der Waals surface area contributed by atoms with Crippen LogP contribution in [0, 0.1) is 0 Å². The van der Waals surface area contributed by atoms with Gasteiger partial charge < -0.3 is 15.2 Å². The van der Waals surface area contributed by atoms with Gasteiger partial charge >= 0.3 is 5.69 Å². The van der Waals surface area contributed by atoms with Crippen molar-refractivity contribution in [1.82, 2.24) is 23.7 Å². The molecule has 1 aliphatic rings. The molecule has 1 aliphatic heterocycles. The summed E-state index contributed by atoms with van der Waals surface area (Å²) in [5.41, 5.74) is 7.22. The average molecular weight is 553 g/mol. The molecule has 39 heavy (non-hydrogen) atoms. The van der Waals surface area contributed by atoms with Crippen molar-refractivity contribution < 1.29 is 8.42 Å². The van der Waals surface area contributed by atoms with Gasteiger partial charge in [-0.3, -0.25) is 18.9 Å². The molecule has 0 amide bonds. The van der Waals surface area contributed by atoms with E-state index in [9.17, 15) is 18.0 Å². The maximum absolute atomic E-state index is 14.0. The van der Waals surface area contributed by atoms with E-state index in [4.69, 9.17) is 15.9 Å². The minimum Gasteiger partial charge on any atom is -0.341 e. The van der Waals surface area contributed by atoms with Gasteiger partial charge in [-0.2, -0.15) is 4.98 Å². The second-order valence-corrected chi connectivity index (χ2v) is 11.7. The van der Waals surface area contributed by atoms with E-state index in [0.29, 0.717) is 46.7 Å². The van der Waals surface area contributed by atoms with Crippen molar-refractivity contribution in [2.45, 2.75) is 50.7 Å². The number of hydrogen-bond acceptors (Lipinski definition) is 8. The molecule has 0 spiro atoms. The summed E-state index contributed by atoms with van der Waals surface area (Å²) >= 11 is 0. The third-order valence-corrected chi connectivity index (χ3v) is 8.07. The predicted molar refractivity (Wildman–Crippen MR) is 150 cm³/mol. The summed E-state index contributed by atoms with van der Waals surface area (Å²) in [6.07, 6.45) is 5.27. The summed E-state index contributed by atoms with van der Waals surface area (Å²) in [7, 11) is -2.41. The van der Waals surface area contributed by atoms with Gasteiger partial charge in [0.2, 0.25) is 16.0 Å². The number of primary sulfonamides is 1. The average Bonchev–Trinajstić information content (AvgIpc) is 3.27. The van der Waals surface area contributed by atoms with E-state index in [1.54, 1.807) is 25.2 Å². The van der Waals surface area contributed by atoms with E-state index in [-0.39, 0.29) is 17.5 Å². The zero-order chi connectivity index (χ0) is 28.1. The molecule has 0 bridgehead atoms. The number of allylic oxidation sites excluding steroid dienone is 2.